The number of carbonyl (C=O) groups excluding carboxylic acids is 1. The Balaban J connectivity index is 1.43. The van der Waals surface area contributed by atoms with Crippen LogP contribution in [0.4, 0.5) is 0 Å². The molecule has 0 spiro atoms. The van der Waals surface area contributed by atoms with E-state index in [1.807, 2.05) is 25.1 Å². The fourth-order valence-electron chi connectivity index (χ4n) is 2.65. The second-order valence-electron chi connectivity index (χ2n) is 6.30. The van der Waals surface area contributed by atoms with Gasteiger partial charge in [-0.15, -0.1) is 11.3 Å². The number of rotatable bonds is 8. The summed E-state index contributed by atoms with van der Waals surface area (Å²) in [5.74, 6) is 0.790. The van der Waals surface area contributed by atoms with Gasteiger partial charge in [-0.3, -0.25) is 4.79 Å². The highest BCUT2D eigenvalue weighted by Gasteiger charge is 2.12. The van der Waals surface area contributed by atoms with E-state index in [9.17, 15) is 13.2 Å². The maximum atomic E-state index is 12.2. The molecule has 0 aliphatic carbocycles. The second-order valence-corrected chi connectivity index (χ2v) is 10.2. The summed E-state index contributed by atoms with van der Waals surface area (Å²) in [5.41, 5.74) is 1.83. The first-order chi connectivity index (χ1) is 13.3. The summed E-state index contributed by atoms with van der Waals surface area (Å²) in [6, 6.07) is 14.0. The van der Waals surface area contributed by atoms with Crippen LogP contribution in [0.1, 0.15) is 31.4 Å². The molecule has 0 saturated carbocycles. The Labute approximate surface area is 172 Å². The molecule has 28 heavy (non-hydrogen) atoms. The van der Waals surface area contributed by atoms with Gasteiger partial charge in [0.15, 0.2) is 4.34 Å². The molecule has 0 fully saturated rings. The minimum atomic E-state index is -3.71. The summed E-state index contributed by atoms with van der Waals surface area (Å²) in [5, 5.41) is 8.03. The number of carbonyl (C=O) groups is 1. The largest absolute Gasteiger partial charge is 0.350 e. The van der Waals surface area contributed by atoms with Crippen LogP contribution in [0.2, 0.25) is 0 Å². The van der Waals surface area contributed by atoms with Crippen molar-refractivity contribution in [3.05, 3.63) is 54.1 Å². The Kier molecular flexibility index (Phi) is 6.71. The van der Waals surface area contributed by atoms with Crippen LogP contribution in [0.25, 0.3) is 10.2 Å². The van der Waals surface area contributed by atoms with Gasteiger partial charge in [0.25, 0.3) is 0 Å². The predicted octanol–water partition coefficient (Wildman–Crippen LogP) is 3.69. The molecule has 0 saturated heterocycles. The molecule has 148 valence electrons. The van der Waals surface area contributed by atoms with Gasteiger partial charge in [0.1, 0.15) is 0 Å². The zero-order valence-electron chi connectivity index (χ0n) is 15.3. The van der Waals surface area contributed by atoms with E-state index in [1.54, 1.807) is 35.2 Å². The van der Waals surface area contributed by atoms with Gasteiger partial charge in [-0.1, -0.05) is 36.0 Å². The van der Waals surface area contributed by atoms with Crippen LogP contribution < -0.4 is 10.5 Å². The molecular formula is C19H21N3O3S3. The van der Waals surface area contributed by atoms with Crippen LogP contribution in [-0.4, -0.2) is 25.1 Å². The van der Waals surface area contributed by atoms with E-state index < -0.39 is 10.0 Å². The minimum absolute atomic E-state index is 0.0343. The zero-order valence-corrected chi connectivity index (χ0v) is 17.7. The number of amides is 1. The molecule has 3 rings (SSSR count). The third kappa shape index (κ3) is 5.54. The third-order valence-electron chi connectivity index (χ3n) is 4.13. The van der Waals surface area contributed by atoms with Crippen molar-refractivity contribution >= 4 is 49.2 Å². The fraction of sp³-hybridized carbons (Fsp3) is 0.263. The SMILES string of the molecule is C[C@H](NC(=O)CCCSc1nc2ccccc2s1)c1ccc(S(N)(=O)=O)cc1. The number of fused-ring (bicyclic) bond motifs is 1. The van der Waals surface area contributed by atoms with Gasteiger partial charge in [-0.2, -0.15) is 0 Å². The van der Waals surface area contributed by atoms with Gasteiger partial charge in [0.2, 0.25) is 15.9 Å². The number of thioether (sulfide) groups is 1. The molecule has 3 aromatic rings. The lowest BCUT2D eigenvalue weighted by Crippen LogP contribution is -2.26. The quantitative estimate of drug-likeness (QED) is 0.415. The first-order valence-electron chi connectivity index (χ1n) is 8.73. The maximum Gasteiger partial charge on any atom is 0.238 e. The van der Waals surface area contributed by atoms with Crippen LogP contribution >= 0.6 is 23.1 Å². The molecule has 6 nitrogen and oxygen atoms in total. The van der Waals surface area contributed by atoms with Crippen molar-refractivity contribution in [3.8, 4) is 0 Å². The molecule has 0 aliphatic heterocycles. The molecule has 2 aromatic carbocycles. The number of thiazole rings is 1. The number of hydrogen-bond donors (Lipinski definition) is 2. The number of nitrogens with one attached hydrogen (secondary N) is 1. The van der Waals surface area contributed by atoms with Crippen LogP contribution in [0.15, 0.2) is 57.8 Å². The fourth-order valence-corrected chi connectivity index (χ4v) is 5.24. The summed E-state index contributed by atoms with van der Waals surface area (Å²) in [6.45, 7) is 1.86. The number of benzene rings is 2. The maximum absolute atomic E-state index is 12.2. The molecule has 9 heteroatoms. The number of sulfonamides is 1. The van der Waals surface area contributed by atoms with Crippen molar-refractivity contribution in [2.75, 3.05) is 5.75 Å². The summed E-state index contributed by atoms with van der Waals surface area (Å²) in [4.78, 5) is 16.8. The third-order valence-corrected chi connectivity index (χ3v) is 7.33. The average Bonchev–Trinajstić information content (AvgIpc) is 3.07. The van der Waals surface area contributed by atoms with Gasteiger partial charge in [-0.25, -0.2) is 18.5 Å². The molecule has 1 amide bonds. The monoisotopic (exact) mass is 435 g/mol. The van der Waals surface area contributed by atoms with Gasteiger partial charge in [-0.05, 0) is 43.2 Å². The van der Waals surface area contributed by atoms with Crippen molar-refractivity contribution in [1.82, 2.24) is 10.3 Å². The molecule has 0 radical (unpaired) electrons. The Morgan fingerprint density at radius 2 is 1.93 bits per heavy atom. The smallest absolute Gasteiger partial charge is 0.238 e. The topological polar surface area (TPSA) is 102 Å². The summed E-state index contributed by atoms with van der Waals surface area (Å²) >= 11 is 3.33. The van der Waals surface area contributed by atoms with E-state index in [2.05, 4.69) is 16.4 Å². The van der Waals surface area contributed by atoms with Crippen molar-refractivity contribution in [1.29, 1.82) is 0 Å². The van der Waals surface area contributed by atoms with Crippen molar-refractivity contribution in [2.24, 2.45) is 5.14 Å². The van der Waals surface area contributed by atoms with Crippen LogP contribution in [0.3, 0.4) is 0 Å². The molecule has 1 heterocycles. The Morgan fingerprint density at radius 1 is 1.21 bits per heavy atom. The zero-order chi connectivity index (χ0) is 20.1. The lowest BCUT2D eigenvalue weighted by Gasteiger charge is -2.14. The normalized spacial score (nSPS) is 12.8. The van der Waals surface area contributed by atoms with Crippen LogP contribution in [-0.2, 0) is 14.8 Å². The van der Waals surface area contributed by atoms with E-state index >= 15 is 0 Å². The highest BCUT2D eigenvalue weighted by molar-refractivity contribution is 8.01. The Bertz CT molecular complexity index is 1030. The molecule has 3 N–H and O–H groups in total. The number of para-hydroxylation sites is 1. The predicted molar refractivity (Wildman–Crippen MR) is 114 cm³/mol. The van der Waals surface area contributed by atoms with Crippen LogP contribution in [0, 0.1) is 0 Å². The van der Waals surface area contributed by atoms with E-state index in [1.165, 1.54) is 16.8 Å². The number of primary sulfonamides is 1. The van der Waals surface area contributed by atoms with Crippen molar-refractivity contribution in [2.45, 2.75) is 35.0 Å². The Morgan fingerprint density at radius 3 is 2.61 bits per heavy atom. The van der Waals surface area contributed by atoms with Gasteiger partial charge in [0, 0.05) is 12.2 Å². The first kappa shape index (κ1) is 20.8. The summed E-state index contributed by atoms with van der Waals surface area (Å²) in [7, 11) is -3.71. The number of aromatic nitrogens is 1. The lowest BCUT2D eigenvalue weighted by molar-refractivity contribution is -0.121. The highest BCUT2D eigenvalue weighted by Crippen LogP contribution is 2.29. The average molecular weight is 436 g/mol. The molecule has 0 aliphatic rings. The summed E-state index contributed by atoms with van der Waals surface area (Å²) < 4.78 is 24.8. The number of hydrogen-bond acceptors (Lipinski definition) is 6. The standard InChI is InChI=1S/C19H21N3O3S3/c1-13(14-8-10-15(11-9-14)28(20,24)25)21-18(23)7-4-12-26-19-22-16-5-2-3-6-17(16)27-19/h2-3,5-6,8-11,13H,4,7,12H2,1H3,(H,21,23)(H2,20,24,25)/t13-/m0/s1. The van der Waals surface area contributed by atoms with Gasteiger partial charge in [0.05, 0.1) is 21.2 Å². The number of nitrogens with two attached hydrogens (primary N) is 1. The van der Waals surface area contributed by atoms with Crippen molar-refractivity contribution < 1.29 is 13.2 Å². The van der Waals surface area contributed by atoms with E-state index in [-0.39, 0.29) is 16.8 Å². The van der Waals surface area contributed by atoms with Gasteiger partial charge < -0.3 is 5.32 Å². The van der Waals surface area contributed by atoms with E-state index in [4.69, 9.17) is 5.14 Å². The summed E-state index contributed by atoms with van der Waals surface area (Å²) in [6.07, 6.45) is 1.18. The minimum Gasteiger partial charge on any atom is -0.350 e. The molecule has 1 aromatic heterocycles. The number of nitrogens with zero attached hydrogens (tertiary/aromatic N) is 1. The molecule has 0 bridgehead atoms. The second kappa shape index (κ2) is 9.04. The van der Waals surface area contributed by atoms with E-state index in [0.29, 0.717) is 6.42 Å². The van der Waals surface area contributed by atoms with Crippen LogP contribution in [0.5, 0.6) is 0 Å². The van der Waals surface area contributed by atoms with Gasteiger partial charge >= 0.3 is 0 Å². The molecular weight excluding hydrogens is 414 g/mol. The Hall–Kier alpha value is -1.94. The molecule has 0 unspecified atom stereocenters. The first-order valence-corrected chi connectivity index (χ1v) is 12.1. The highest BCUT2D eigenvalue weighted by atomic mass is 32.2. The van der Waals surface area contributed by atoms with Crippen molar-refractivity contribution in [3.63, 3.8) is 0 Å². The lowest BCUT2D eigenvalue weighted by atomic mass is 10.1. The molecule has 1 atom stereocenters. The van der Waals surface area contributed by atoms with E-state index in [0.717, 1.165) is 27.6 Å².